The number of aryl methyl sites for hydroxylation is 1. The van der Waals surface area contributed by atoms with Crippen LogP contribution in [-0.4, -0.2) is 35.1 Å². The summed E-state index contributed by atoms with van der Waals surface area (Å²) in [5.74, 6) is 0.522. The van der Waals surface area contributed by atoms with Crippen LogP contribution < -0.4 is 0 Å². The Hall–Kier alpha value is -1.29. The Morgan fingerprint density at radius 3 is 2.67 bits per heavy atom. The first-order chi connectivity index (χ1) is 7.07. The number of amides is 1. The summed E-state index contributed by atoms with van der Waals surface area (Å²) in [7, 11) is 0. The molecule has 0 atom stereocenters. The summed E-state index contributed by atoms with van der Waals surface area (Å²) in [5, 5.41) is 8.88. The van der Waals surface area contributed by atoms with Crippen LogP contribution in [0, 0.1) is 6.92 Å². The van der Waals surface area contributed by atoms with E-state index in [2.05, 4.69) is 0 Å². The minimum atomic E-state index is -0.0923. The van der Waals surface area contributed by atoms with E-state index in [0.717, 1.165) is 0 Å². The number of hydrogen-bond donors (Lipinski definition) is 1. The molecule has 0 unspecified atom stereocenters. The van der Waals surface area contributed by atoms with Gasteiger partial charge < -0.3 is 14.4 Å². The third-order valence-corrected chi connectivity index (χ3v) is 2.31. The maximum atomic E-state index is 12.0. The van der Waals surface area contributed by atoms with Crippen molar-refractivity contribution in [2.75, 3.05) is 13.2 Å². The topological polar surface area (TPSA) is 53.7 Å². The predicted molar refractivity (Wildman–Crippen MR) is 56.7 cm³/mol. The number of aliphatic hydroxyl groups excluding tert-OH is 1. The second kappa shape index (κ2) is 4.98. The van der Waals surface area contributed by atoms with Crippen molar-refractivity contribution in [2.24, 2.45) is 0 Å². The van der Waals surface area contributed by atoms with Gasteiger partial charge in [-0.15, -0.1) is 0 Å². The summed E-state index contributed by atoms with van der Waals surface area (Å²) in [6, 6.07) is 1.73. The largest absolute Gasteiger partial charge is 0.469 e. The zero-order chi connectivity index (χ0) is 11.4. The maximum absolute atomic E-state index is 12.0. The number of furan rings is 1. The second-order valence-electron chi connectivity index (χ2n) is 3.71. The molecule has 1 rings (SSSR count). The van der Waals surface area contributed by atoms with Crippen molar-refractivity contribution in [3.63, 3.8) is 0 Å². The molecule has 0 saturated heterocycles. The van der Waals surface area contributed by atoms with Crippen molar-refractivity contribution in [1.82, 2.24) is 4.90 Å². The molecule has 0 fully saturated rings. The zero-order valence-electron chi connectivity index (χ0n) is 9.36. The first-order valence-electron chi connectivity index (χ1n) is 5.03. The van der Waals surface area contributed by atoms with E-state index in [9.17, 15) is 4.79 Å². The average molecular weight is 211 g/mol. The van der Waals surface area contributed by atoms with E-state index in [1.165, 1.54) is 6.26 Å². The highest BCUT2D eigenvalue weighted by Gasteiger charge is 2.20. The normalized spacial score (nSPS) is 10.7. The average Bonchev–Trinajstić information content (AvgIpc) is 2.59. The molecular weight excluding hydrogens is 194 g/mol. The van der Waals surface area contributed by atoms with Crippen molar-refractivity contribution in [2.45, 2.75) is 26.8 Å². The lowest BCUT2D eigenvalue weighted by Crippen LogP contribution is -2.39. The fourth-order valence-electron chi connectivity index (χ4n) is 1.46. The molecule has 0 saturated carbocycles. The molecule has 4 heteroatoms. The number of carbonyl (C=O) groups excluding carboxylic acids is 1. The van der Waals surface area contributed by atoms with Crippen LogP contribution in [0.3, 0.4) is 0 Å². The Labute approximate surface area is 89.5 Å². The molecule has 84 valence electrons. The highest BCUT2D eigenvalue weighted by atomic mass is 16.3. The monoisotopic (exact) mass is 211 g/mol. The zero-order valence-corrected chi connectivity index (χ0v) is 9.36. The van der Waals surface area contributed by atoms with Gasteiger partial charge in [0.1, 0.15) is 5.76 Å². The summed E-state index contributed by atoms with van der Waals surface area (Å²) in [4.78, 5) is 13.6. The molecule has 0 spiro atoms. The number of aliphatic hydroxyl groups is 1. The van der Waals surface area contributed by atoms with Crippen LogP contribution in [0.1, 0.15) is 30.0 Å². The van der Waals surface area contributed by atoms with Gasteiger partial charge in [0.15, 0.2) is 0 Å². The molecule has 1 amide bonds. The number of nitrogens with zero attached hydrogens (tertiary/aromatic N) is 1. The van der Waals surface area contributed by atoms with Crippen molar-refractivity contribution >= 4 is 5.91 Å². The number of carbonyl (C=O) groups is 1. The molecule has 1 aromatic heterocycles. The van der Waals surface area contributed by atoms with E-state index in [1.807, 2.05) is 13.8 Å². The minimum absolute atomic E-state index is 0.0270. The quantitative estimate of drug-likeness (QED) is 0.819. The van der Waals surface area contributed by atoms with Crippen LogP contribution in [0.2, 0.25) is 0 Å². The first-order valence-corrected chi connectivity index (χ1v) is 5.03. The third kappa shape index (κ3) is 2.59. The lowest BCUT2D eigenvalue weighted by atomic mass is 10.2. The lowest BCUT2D eigenvalue weighted by molar-refractivity contribution is 0.0663. The van der Waals surface area contributed by atoms with Gasteiger partial charge in [-0.3, -0.25) is 4.79 Å². The molecular formula is C11H17NO3. The van der Waals surface area contributed by atoms with Gasteiger partial charge >= 0.3 is 0 Å². The molecule has 1 aromatic rings. The SMILES string of the molecule is Cc1occc1C(=O)N(CCO)C(C)C. The standard InChI is InChI=1S/C11H17NO3/c1-8(2)12(5-6-13)11(14)10-4-7-15-9(10)3/h4,7-8,13H,5-6H2,1-3H3. The van der Waals surface area contributed by atoms with E-state index in [1.54, 1.807) is 17.9 Å². The van der Waals surface area contributed by atoms with E-state index in [4.69, 9.17) is 9.52 Å². The summed E-state index contributed by atoms with van der Waals surface area (Å²) in [6.45, 7) is 5.92. The van der Waals surface area contributed by atoms with Gasteiger partial charge in [-0.05, 0) is 26.8 Å². The Morgan fingerprint density at radius 1 is 1.60 bits per heavy atom. The van der Waals surface area contributed by atoms with Crippen LogP contribution >= 0.6 is 0 Å². The first kappa shape index (κ1) is 11.8. The predicted octanol–water partition coefficient (Wildman–Crippen LogP) is 1.43. The highest BCUT2D eigenvalue weighted by Crippen LogP contribution is 2.13. The van der Waals surface area contributed by atoms with Crippen molar-refractivity contribution in [3.8, 4) is 0 Å². The minimum Gasteiger partial charge on any atom is -0.469 e. The Balaban J connectivity index is 2.86. The molecule has 0 aliphatic heterocycles. The van der Waals surface area contributed by atoms with Crippen LogP contribution in [0.25, 0.3) is 0 Å². The smallest absolute Gasteiger partial charge is 0.257 e. The van der Waals surface area contributed by atoms with Crippen LogP contribution in [0.15, 0.2) is 16.7 Å². The van der Waals surface area contributed by atoms with Gasteiger partial charge in [-0.2, -0.15) is 0 Å². The molecule has 4 nitrogen and oxygen atoms in total. The van der Waals surface area contributed by atoms with Gasteiger partial charge in [0, 0.05) is 12.6 Å². The van der Waals surface area contributed by atoms with Gasteiger partial charge in [0.05, 0.1) is 18.4 Å². The summed E-state index contributed by atoms with van der Waals surface area (Å²) < 4.78 is 5.08. The van der Waals surface area contributed by atoms with E-state index < -0.39 is 0 Å². The summed E-state index contributed by atoms with van der Waals surface area (Å²) >= 11 is 0. The molecule has 1 heterocycles. The number of rotatable bonds is 4. The Bertz CT molecular complexity index is 330. The van der Waals surface area contributed by atoms with Crippen molar-refractivity contribution < 1.29 is 14.3 Å². The maximum Gasteiger partial charge on any atom is 0.257 e. The van der Waals surface area contributed by atoms with Crippen LogP contribution in [0.4, 0.5) is 0 Å². The van der Waals surface area contributed by atoms with Gasteiger partial charge in [0.2, 0.25) is 0 Å². The van der Waals surface area contributed by atoms with E-state index in [0.29, 0.717) is 17.9 Å². The second-order valence-corrected chi connectivity index (χ2v) is 3.71. The molecule has 0 bridgehead atoms. The van der Waals surface area contributed by atoms with Gasteiger partial charge in [-0.25, -0.2) is 0 Å². The Morgan fingerprint density at radius 2 is 2.27 bits per heavy atom. The van der Waals surface area contributed by atoms with E-state index in [-0.39, 0.29) is 18.6 Å². The van der Waals surface area contributed by atoms with Crippen molar-refractivity contribution in [1.29, 1.82) is 0 Å². The summed E-state index contributed by atoms with van der Waals surface area (Å²) in [6.07, 6.45) is 1.50. The fraction of sp³-hybridized carbons (Fsp3) is 0.545. The molecule has 0 aliphatic carbocycles. The highest BCUT2D eigenvalue weighted by molar-refractivity contribution is 5.95. The van der Waals surface area contributed by atoms with Crippen molar-refractivity contribution in [3.05, 3.63) is 23.7 Å². The fourth-order valence-corrected chi connectivity index (χ4v) is 1.46. The van der Waals surface area contributed by atoms with Gasteiger partial charge in [0.25, 0.3) is 5.91 Å². The van der Waals surface area contributed by atoms with Crippen LogP contribution in [0.5, 0.6) is 0 Å². The lowest BCUT2D eigenvalue weighted by Gasteiger charge is -2.25. The Kier molecular flexibility index (Phi) is 3.91. The molecule has 15 heavy (non-hydrogen) atoms. The van der Waals surface area contributed by atoms with Gasteiger partial charge in [-0.1, -0.05) is 0 Å². The van der Waals surface area contributed by atoms with E-state index >= 15 is 0 Å². The van der Waals surface area contributed by atoms with Crippen LogP contribution in [-0.2, 0) is 0 Å². The number of hydrogen-bond acceptors (Lipinski definition) is 3. The summed E-state index contributed by atoms with van der Waals surface area (Å²) in [5.41, 5.74) is 0.567. The third-order valence-electron chi connectivity index (χ3n) is 2.31. The molecule has 0 aromatic carbocycles. The molecule has 0 radical (unpaired) electrons. The molecule has 1 N–H and O–H groups in total. The molecule has 0 aliphatic rings.